The second-order valence-electron chi connectivity index (χ2n) is 10.1. The summed E-state index contributed by atoms with van der Waals surface area (Å²) < 4.78 is 44.2. The largest absolute Gasteiger partial charge is 0.494 e. The predicted octanol–water partition coefficient (Wildman–Crippen LogP) is 6.13. The molecule has 4 N–H and O–H groups in total. The van der Waals surface area contributed by atoms with Gasteiger partial charge in [-0.3, -0.25) is 14.3 Å². The highest BCUT2D eigenvalue weighted by Gasteiger charge is 2.44. The number of aromatic nitrogens is 2. The van der Waals surface area contributed by atoms with Crippen molar-refractivity contribution in [3.05, 3.63) is 70.9 Å². The number of benzene rings is 2. The van der Waals surface area contributed by atoms with E-state index in [1.165, 1.54) is 0 Å². The molecule has 0 saturated carbocycles. The molecule has 4 rings (SSSR count). The number of pyridine rings is 2. The summed E-state index contributed by atoms with van der Waals surface area (Å²) in [5.41, 5.74) is 7.88. The van der Waals surface area contributed by atoms with Crippen LogP contribution in [0.3, 0.4) is 0 Å². The topological polar surface area (TPSA) is 136 Å². The molecule has 0 saturated heterocycles. The maximum Gasteiger partial charge on any atom is 0.321 e. The summed E-state index contributed by atoms with van der Waals surface area (Å²) in [6.45, 7) is 2.64. The molecule has 2 aromatic carbocycles. The van der Waals surface area contributed by atoms with Crippen LogP contribution in [0.5, 0.6) is 5.75 Å². The number of nitrogens with zero attached hydrogens (tertiary/aromatic N) is 2. The number of hydrogen-bond acceptors (Lipinski definition) is 6. The minimum absolute atomic E-state index is 0.0180. The van der Waals surface area contributed by atoms with Crippen molar-refractivity contribution in [2.75, 3.05) is 19.0 Å². The zero-order chi connectivity index (χ0) is 29.1. The van der Waals surface area contributed by atoms with Gasteiger partial charge in [-0.15, -0.1) is 0 Å². The van der Waals surface area contributed by atoms with Gasteiger partial charge >= 0.3 is 11.6 Å². The lowest BCUT2D eigenvalue weighted by Crippen LogP contribution is -2.17. The standard InChI is InChI=1S/C29H32F2N3O5P/c1-18-14-22(39-13-3-12-29(30,31)40(2,37)38)9-8-21(18)7-4-20-15-24-23-10-5-19(6-11-26(35)36)16-25(23)34-28(32)27(24)33-17-20/h5,8-10,14-17H,3-4,6-7,11-13H2,1-2H3,(H2,32,34)(H,35,36)(H,37,38). The van der Waals surface area contributed by atoms with Crippen LogP contribution in [0.25, 0.3) is 21.8 Å². The van der Waals surface area contributed by atoms with Gasteiger partial charge in [0.05, 0.1) is 12.1 Å². The first kappa shape index (κ1) is 29.4. The molecule has 11 heteroatoms. The van der Waals surface area contributed by atoms with Crippen molar-refractivity contribution in [2.24, 2.45) is 0 Å². The number of nitrogen functional groups attached to an aromatic ring is 1. The van der Waals surface area contributed by atoms with E-state index in [9.17, 15) is 18.1 Å². The molecule has 0 bridgehead atoms. The molecule has 0 spiro atoms. The molecule has 40 heavy (non-hydrogen) atoms. The van der Waals surface area contributed by atoms with Gasteiger partial charge < -0.3 is 20.5 Å². The maximum atomic E-state index is 13.6. The van der Waals surface area contributed by atoms with Crippen molar-refractivity contribution in [3.8, 4) is 5.75 Å². The fourth-order valence-electron chi connectivity index (χ4n) is 4.54. The SMILES string of the molecule is Cc1cc(OCCCC(F)(F)P(C)(=O)O)ccc1CCc1cnc2c(N)nc3cc(CCC(=O)O)ccc3c2c1. The Labute approximate surface area is 230 Å². The van der Waals surface area contributed by atoms with Crippen molar-refractivity contribution >= 4 is 41.0 Å². The van der Waals surface area contributed by atoms with E-state index < -0.39 is 25.4 Å². The van der Waals surface area contributed by atoms with Gasteiger partial charge in [0, 0.05) is 36.5 Å². The number of fused-ring (bicyclic) bond motifs is 3. The average Bonchev–Trinajstić information content (AvgIpc) is 2.88. The van der Waals surface area contributed by atoms with Crippen molar-refractivity contribution < 1.29 is 32.9 Å². The fraction of sp³-hybridized carbons (Fsp3) is 0.345. The van der Waals surface area contributed by atoms with Gasteiger partial charge in [0.15, 0.2) is 5.82 Å². The summed E-state index contributed by atoms with van der Waals surface area (Å²) in [5, 5.41) is 10.8. The van der Waals surface area contributed by atoms with Gasteiger partial charge in [0.2, 0.25) is 0 Å². The van der Waals surface area contributed by atoms with E-state index in [0.29, 0.717) is 35.7 Å². The number of alkyl halides is 2. The van der Waals surface area contributed by atoms with E-state index in [2.05, 4.69) is 16.0 Å². The highest BCUT2D eigenvalue weighted by Crippen LogP contribution is 2.55. The van der Waals surface area contributed by atoms with Crippen molar-refractivity contribution in [2.45, 2.75) is 51.1 Å². The Morgan fingerprint density at radius 3 is 2.55 bits per heavy atom. The summed E-state index contributed by atoms with van der Waals surface area (Å²) in [6.07, 6.45) is 2.95. The van der Waals surface area contributed by atoms with E-state index in [4.69, 9.17) is 20.5 Å². The minimum Gasteiger partial charge on any atom is -0.494 e. The lowest BCUT2D eigenvalue weighted by molar-refractivity contribution is -0.136. The second-order valence-corrected chi connectivity index (χ2v) is 12.5. The number of carbonyl (C=O) groups is 1. The number of ether oxygens (including phenoxy) is 1. The number of nitrogens with two attached hydrogens (primary N) is 1. The van der Waals surface area contributed by atoms with Crippen LogP contribution in [0.2, 0.25) is 0 Å². The number of carboxylic acid groups (broad SMARTS) is 1. The van der Waals surface area contributed by atoms with Crippen LogP contribution in [0.15, 0.2) is 48.7 Å². The van der Waals surface area contributed by atoms with Gasteiger partial charge in [-0.2, -0.15) is 8.78 Å². The number of hydrogen-bond donors (Lipinski definition) is 3. The van der Waals surface area contributed by atoms with Crippen LogP contribution < -0.4 is 10.5 Å². The summed E-state index contributed by atoms with van der Waals surface area (Å²) in [5.74, 6) is 0.0198. The van der Waals surface area contributed by atoms with E-state index in [-0.39, 0.29) is 19.4 Å². The van der Waals surface area contributed by atoms with Crippen LogP contribution >= 0.6 is 7.37 Å². The first-order valence-electron chi connectivity index (χ1n) is 12.9. The molecule has 0 radical (unpaired) electrons. The van der Waals surface area contributed by atoms with Crippen LogP contribution in [0.4, 0.5) is 14.6 Å². The quantitative estimate of drug-likeness (QED) is 0.105. The molecule has 0 fully saturated rings. The fourth-order valence-corrected chi connectivity index (χ4v) is 5.11. The van der Waals surface area contributed by atoms with Crippen LogP contribution in [0.1, 0.15) is 41.5 Å². The number of rotatable bonds is 12. The van der Waals surface area contributed by atoms with Gasteiger partial charge in [-0.05, 0) is 79.1 Å². The molecular weight excluding hydrogens is 539 g/mol. The molecule has 4 aromatic rings. The first-order chi connectivity index (χ1) is 18.8. The molecule has 1 atom stereocenters. The number of carboxylic acids is 1. The van der Waals surface area contributed by atoms with Crippen molar-refractivity contribution in [1.29, 1.82) is 0 Å². The zero-order valence-corrected chi connectivity index (χ0v) is 23.3. The number of anilines is 1. The number of halogens is 2. The van der Waals surface area contributed by atoms with E-state index >= 15 is 0 Å². The molecule has 0 aliphatic heterocycles. The maximum absolute atomic E-state index is 13.6. The molecule has 0 aliphatic carbocycles. The van der Waals surface area contributed by atoms with Gasteiger partial charge in [-0.25, -0.2) is 4.98 Å². The summed E-state index contributed by atoms with van der Waals surface area (Å²) in [6, 6.07) is 13.3. The molecule has 0 aliphatic rings. The summed E-state index contributed by atoms with van der Waals surface area (Å²) in [7, 11) is -4.49. The average molecular weight is 572 g/mol. The van der Waals surface area contributed by atoms with Crippen LogP contribution in [-0.2, 0) is 28.6 Å². The normalized spacial score (nSPS) is 13.4. The Morgan fingerprint density at radius 1 is 1.07 bits per heavy atom. The monoisotopic (exact) mass is 571 g/mol. The first-order valence-corrected chi connectivity index (χ1v) is 15.0. The Hall–Kier alpha value is -3.62. The molecular formula is C29H32F2N3O5P. The molecule has 1 unspecified atom stereocenters. The van der Waals surface area contributed by atoms with Crippen molar-refractivity contribution in [1.82, 2.24) is 9.97 Å². The summed E-state index contributed by atoms with van der Waals surface area (Å²) in [4.78, 5) is 29.1. The highest BCUT2D eigenvalue weighted by molar-refractivity contribution is 7.58. The molecule has 2 aromatic heterocycles. The number of aryl methyl sites for hydroxylation is 4. The smallest absolute Gasteiger partial charge is 0.321 e. The Kier molecular flexibility index (Phi) is 8.71. The number of aliphatic carboxylic acids is 1. The third-order valence-corrected chi connectivity index (χ3v) is 8.34. The van der Waals surface area contributed by atoms with Gasteiger partial charge in [0.25, 0.3) is 7.37 Å². The van der Waals surface area contributed by atoms with Crippen LogP contribution in [-0.4, -0.2) is 44.9 Å². The van der Waals surface area contributed by atoms with Gasteiger partial charge in [0.1, 0.15) is 11.3 Å². The molecule has 8 nitrogen and oxygen atoms in total. The third-order valence-electron chi connectivity index (χ3n) is 6.90. The van der Waals surface area contributed by atoms with Gasteiger partial charge in [-0.1, -0.05) is 18.2 Å². The van der Waals surface area contributed by atoms with E-state index in [1.807, 2.05) is 37.3 Å². The summed E-state index contributed by atoms with van der Waals surface area (Å²) >= 11 is 0. The molecule has 0 amide bonds. The predicted molar refractivity (Wildman–Crippen MR) is 151 cm³/mol. The molecule has 212 valence electrons. The molecule has 2 heterocycles. The Bertz CT molecular complexity index is 1610. The third kappa shape index (κ3) is 6.92. The van der Waals surface area contributed by atoms with E-state index in [0.717, 1.165) is 45.9 Å². The second kappa shape index (κ2) is 11.9. The Morgan fingerprint density at radius 2 is 1.85 bits per heavy atom. The Balaban J connectivity index is 1.42. The lowest BCUT2D eigenvalue weighted by atomic mass is 9.99. The van der Waals surface area contributed by atoms with E-state index in [1.54, 1.807) is 12.3 Å². The zero-order valence-electron chi connectivity index (χ0n) is 22.4. The minimum atomic E-state index is -4.49. The van der Waals surface area contributed by atoms with Crippen LogP contribution in [0, 0.1) is 6.92 Å². The highest BCUT2D eigenvalue weighted by atomic mass is 31.2. The van der Waals surface area contributed by atoms with Crippen molar-refractivity contribution in [3.63, 3.8) is 0 Å². The lowest BCUT2D eigenvalue weighted by Gasteiger charge is -2.19.